The van der Waals surface area contributed by atoms with Crippen molar-refractivity contribution in [2.24, 2.45) is 0 Å². The van der Waals surface area contributed by atoms with Gasteiger partial charge in [-0.05, 0) is 24.3 Å². The Bertz CT molecular complexity index is 612. The van der Waals surface area contributed by atoms with Gasteiger partial charge < -0.3 is 10.1 Å². The molecule has 1 amide bonds. The van der Waals surface area contributed by atoms with E-state index in [1.807, 2.05) is 6.07 Å². The van der Waals surface area contributed by atoms with Gasteiger partial charge in [-0.25, -0.2) is 4.79 Å². The molecule has 2 rings (SSSR count). The summed E-state index contributed by atoms with van der Waals surface area (Å²) in [5.41, 5.74) is 1.57. The third kappa shape index (κ3) is 3.41. The monoisotopic (exact) mass is 270 g/mol. The number of ether oxygens (including phenoxy) is 1. The van der Waals surface area contributed by atoms with Crippen molar-refractivity contribution in [1.29, 1.82) is 0 Å². The minimum atomic E-state index is -0.473. The van der Waals surface area contributed by atoms with Gasteiger partial charge in [0.25, 0.3) is 5.91 Å². The number of amides is 1. The van der Waals surface area contributed by atoms with E-state index in [-0.39, 0.29) is 12.5 Å². The molecule has 0 saturated heterocycles. The summed E-state index contributed by atoms with van der Waals surface area (Å²) in [5.74, 6) is -0.716. The molecule has 1 aromatic heterocycles. The van der Waals surface area contributed by atoms with Crippen LogP contribution in [0.3, 0.4) is 0 Å². The van der Waals surface area contributed by atoms with Crippen LogP contribution in [-0.2, 0) is 11.3 Å². The third-order valence-electron chi connectivity index (χ3n) is 2.68. The van der Waals surface area contributed by atoms with Crippen LogP contribution in [0.4, 0.5) is 0 Å². The third-order valence-corrected chi connectivity index (χ3v) is 2.68. The molecular formula is C15H14N2O3. The number of hydrogen-bond acceptors (Lipinski definition) is 4. The Balaban J connectivity index is 2.04. The van der Waals surface area contributed by atoms with Crippen molar-refractivity contribution in [2.75, 3.05) is 7.05 Å². The smallest absolute Gasteiger partial charge is 0.338 e. The highest BCUT2D eigenvalue weighted by atomic mass is 16.5. The molecule has 0 bridgehead atoms. The highest BCUT2D eigenvalue weighted by Crippen LogP contribution is 2.08. The summed E-state index contributed by atoms with van der Waals surface area (Å²) < 4.78 is 5.17. The lowest BCUT2D eigenvalue weighted by molar-refractivity contribution is 0.0472. The second kappa shape index (κ2) is 6.47. The molecule has 0 spiro atoms. The molecule has 102 valence electrons. The summed E-state index contributed by atoms with van der Waals surface area (Å²) in [5, 5.41) is 2.51. The highest BCUT2D eigenvalue weighted by molar-refractivity contribution is 5.97. The molecule has 5 nitrogen and oxygen atoms in total. The van der Waals surface area contributed by atoms with Crippen LogP contribution >= 0.6 is 0 Å². The predicted molar refractivity (Wildman–Crippen MR) is 73.2 cm³/mol. The average Bonchev–Trinajstić information content (AvgIpc) is 2.53. The van der Waals surface area contributed by atoms with Gasteiger partial charge in [0.2, 0.25) is 0 Å². The van der Waals surface area contributed by atoms with Gasteiger partial charge in [-0.2, -0.15) is 0 Å². The quantitative estimate of drug-likeness (QED) is 0.860. The van der Waals surface area contributed by atoms with Crippen molar-refractivity contribution in [3.8, 4) is 0 Å². The molecule has 1 N–H and O–H groups in total. The average molecular weight is 270 g/mol. The number of hydrogen-bond donors (Lipinski definition) is 1. The maximum atomic E-state index is 11.9. The zero-order valence-electron chi connectivity index (χ0n) is 11.0. The van der Waals surface area contributed by atoms with E-state index in [2.05, 4.69) is 10.3 Å². The van der Waals surface area contributed by atoms with Crippen LogP contribution in [0.5, 0.6) is 0 Å². The maximum Gasteiger partial charge on any atom is 0.338 e. The van der Waals surface area contributed by atoms with Crippen LogP contribution in [0.25, 0.3) is 0 Å². The summed E-state index contributed by atoms with van der Waals surface area (Å²) in [6, 6.07) is 9.99. The number of pyridine rings is 1. The summed E-state index contributed by atoms with van der Waals surface area (Å²) in [7, 11) is 1.54. The van der Waals surface area contributed by atoms with Crippen LogP contribution in [0.15, 0.2) is 48.8 Å². The Morgan fingerprint density at radius 3 is 2.70 bits per heavy atom. The zero-order valence-corrected chi connectivity index (χ0v) is 11.0. The lowest BCUT2D eigenvalue weighted by atomic mass is 10.1. The van der Waals surface area contributed by atoms with E-state index in [9.17, 15) is 9.59 Å². The first-order valence-electron chi connectivity index (χ1n) is 6.09. The van der Waals surface area contributed by atoms with E-state index in [0.29, 0.717) is 11.1 Å². The first kappa shape index (κ1) is 13.7. The fourth-order valence-corrected chi connectivity index (χ4v) is 1.65. The molecule has 1 heterocycles. The number of nitrogens with zero attached hydrogens (tertiary/aromatic N) is 1. The minimum Gasteiger partial charge on any atom is -0.457 e. The second-order valence-corrected chi connectivity index (χ2v) is 4.10. The number of aromatic nitrogens is 1. The van der Waals surface area contributed by atoms with Gasteiger partial charge >= 0.3 is 5.97 Å². The minimum absolute atomic E-state index is 0.150. The normalized spacial score (nSPS) is 9.85. The number of nitrogens with one attached hydrogen (secondary N) is 1. The van der Waals surface area contributed by atoms with Crippen molar-refractivity contribution >= 4 is 11.9 Å². The summed E-state index contributed by atoms with van der Waals surface area (Å²) in [4.78, 5) is 27.3. The topological polar surface area (TPSA) is 68.3 Å². The number of carbonyl (C=O) groups is 2. The first-order valence-corrected chi connectivity index (χ1v) is 6.09. The summed E-state index contributed by atoms with van der Waals surface area (Å²) in [6.45, 7) is 0.150. The maximum absolute atomic E-state index is 11.9. The van der Waals surface area contributed by atoms with Crippen LogP contribution in [0.2, 0.25) is 0 Å². The Hall–Kier alpha value is -2.69. The van der Waals surface area contributed by atoms with E-state index in [4.69, 9.17) is 4.74 Å². The van der Waals surface area contributed by atoms with Crippen LogP contribution in [-0.4, -0.2) is 23.9 Å². The van der Waals surface area contributed by atoms with Crippen molar-refractivity contribution < 1.29 is 14.3 Å². The molecular weight excluding hydrogens is 256 g/mol. The summed E-state index contributed by atoms with van der Waals surface area (Å²) in [6.07, 6.45) is 3.28. The second-order valence-electron chi connectivity index (χ2n) is 4.10. The van der Waals surface area contributed by atoms with E-state index in [1.165, 1.54) is 13.1 Å². The Kier molecular flexibility index (Phi) is 4.44. The molecule has 0 atom stereocenters. The van der Waals surface area contributed by atoms with Crippen molar-refractivity contribution in [1.82, 2.24) is 10.3 Å². The number of carbonyl (C=O) groups excluding carboxylic acids is 2. The first-order chi connectivity index (χ1) is 9.70. The van der Waals surface area contributed by atoms with Crippen molar-refractivity contribution in [2.45, 2.75) is 6.61 Å². The lowest BCUT2D eigenvalue weighted by Crippen LogP contribution is -2.18. The van der Waals surface area contributed by atoms with Gasteiger partial charge in [0.1, 0.15) is 6.61 Å². The van der Waals surface area contributed by atoms with Gasteiger partial charge in [0.15, 0.2) is 0 Å². The number of rotatable bonds is 4. The SMILES string of the molecule is CNC(=O)c1cccc(C(=O)OCc2cccnc2)c1. The van der Waals surface area contributed by atoms with Crippen LogP contribution in [0.1, 0.15) is 26.3 Å². The van der Waals surface area contributed by atoms with Crippen molar-refractivity contribution in [3.63, 3.8) is 0 Å². The van der Waals surface area contributed by atoms with E-state index >= 15 is 0 Å². The fraction of sp³-hybridized carbons (Fsp3) is 0.133. The molecule has 5 heteroatoms. The number of benzene rings is 1. The van der Waals surface area contributed by atoms with Gasteiger partial charge in [-0.15, -0.1) is 0 Å². The molecule has 0 saturated carbocycles. The fourth-order valence-electron chi connectivity index (χ4n) is 1.65. The Morgan fingerprint density at radius 1 is 1.20 bits per heavy atom. The molecule has 0 unspecified atom stereocenters. The van der Waals surface area contributed by atoms with Gasteiger partial charge in [-0.1, -0.05) is 12.1 Å². The molecule has 1 aromatic carbocycles. The molecule has 0 aliphatic rings. The largest absolute Gasteiger partial charge is 0.457 e. The van der Waals surface area contributed by atoms with E-state index < -0.39 is 5.97 Å². The highest BCUT2D eigenvalue weighted by Gasteiger charge is 2.10. The summed E-state index contributed by atoms with van der Waals surface area (Å²) >= 11 is 0. The molecule has 2 aromatic rings. The van der Waals surface area contributed by atoms with E-state index in [1.54, 1.807) is 36.7 Å². The van der Waals surface area contributed by atoms with Gasteiger partial charge in [0, 0.05) is 30.6 Å². The van der Waals surface area contributed by atoms with Crippen LogP contribution in [0, 0.1) is 0 Å². The predicted octanol–water partition coefficient (Wildman–Crippen LogP) is 1.80. The molecule has 0 aliphatic carbocycles. The molecule has 0 radical (unpaired) electrons. The molecule has 0 fully saturated rings. The Morgan fingerprint density at radius 2 is 2.00 bits per heavy atom. The van der Waals surface area contributed by atoms with Gasteiger partial charge in [0.05, 0.1) is 5.56 Å². The van der Waals surface area contributed by atoms with Crippen LogP contribution < -0.4 is 5.32 Å². The number of esters is 1. The zero-order chi connectivity index (χ0) is 14.4. The van der Waals surface area contributed by atoms with Crippen molar-refractivity contribution in [3.05, 3.63) is 65.5 Å². The van der Waals surface area contributed by atoms with E-state index in [0.717, 1.165) is 5.56 Å². The standard InChI is InChI=1S/C15H14N2O3/c1-16-14(18)12-5-2-6-13(8-12)15(19)20-10-11-4-3-7-17-9-11/h2-9H,10H2,1H3,(H,16,18). The van der Waals surface area contributed by atoms with Gasteiger partial charge in [-0.3, -0.25) is 9.78 Å². The Labute approximate surface area is 116 Å². The molecule has 0 aliphatic heterocycles. The lowest BCUT2D eigenvalue weighted by Gasteiger charge is -2.06. The molecule has 20 heavy (non-hydrogen) atoms.